The summed E-state index contributed by atoms with van der Waals surface area (Å²) in [6.07, 6.45) is 7.29. The van der Waals surface area contributed by atoms with Gasteiger partial charge in [-0.25, -0.2) is 9.67 Å². The Labute approximate surface area is 176 Å². The van der Waals surface area contributed by atoms with E-state index in [2.05, 4.69) is 74.1 Å². The highest BCUT2D eigenvalue weighted by atomic mass is 15.5. The minimum atomic E-state index is 0.591. The standard InChI is InChI=1S/C22H28N8/c1-4-6-8-20-23-19(7-5-2)26-30(20)15-17-9-11-18(12-10-17)29-14-13-16(3)21(29)22-24-27-28-25-22/h9-14H,4-8,15H2,1-3H3,(H,24,25,27,28). The van der Waals surface area contributed by atoms with Gasteiger partial charge in [-0.2, -0.15) is 10.3 Å². The van der Waals surface area contributed by atoms with E-state index < -0.39 is 0 Å². The van der Waals surface area contributed by atoms with Crippen molar-refractivity contribution in [2.24, 2.45) is 0 Å². The molecule has 30 heavy (non-hydrogen) atoms. The van der Waals surface area contributed by atoms with Gasteiger partial charge in [-0.3, -0.25) is 0 Å². The monoisotopic (exact) mass is 404 g/mol. The van der Waals surface area contributed by atoms with Crippen molar-refractivity contribution >= 4 is 0 Å². The fourth-order valence-electron chi connectivity index (χ4n) is 3.63. The highest BCUT2D eigenvalue weighted by Crippen LogP contribution is 2.24. The molecule has 0 aliphatic heterocycles. The molecular formula is C22H28N8. The maximum Gasteiger partial charge on any atom is 0.221 e. The largest absolute Gasteiger partial charge is 0.313 e. The van der Waals surface area contributed by atoms with Crippen LogP contribution in [-0.4, -0.2) is 40.0 Å². The van der Waals surface area contributed by atoms with Crippen LogP contribution in [0.3, 0.4) is 0 Å². The minimum absolute atomic E-state index is 0.591. The third-order valence-corrected chi connectivity index (χ3v) is 5.21. The topological polar surface area (TPSA) is 90.1 Å². The quantitative estimate of drug-likeness (QED) is 0.457. The number of aromatic amines is 1. The van der Waals surface area contributed by atoms with Crippen molar-refractivity contribution in [2.45, 2.75) is 59.4 Å². The number of aromatic nitrogens is 8. The fourth-order valence-corrected chi connectivity index (χ4v) is 3.63. The van der Waals surface area contributed by atoms with E-state index in [1.165, 1.54) is 5.56 Å². The lowest BCUT2D eigenvalue weighted by Crippen LogP contribution is -2.07. The van der Waals surface area contributed by atoms with Gasteiger partial charge in [0.15, 0.2) is 5.82 Å². The number of rotatable bonds is 9. The summed E-state index contributed by atoms with van der Waals surface area (Å²) in [5.74, 6) is 2.63. The summed E-state index contributed by atoms with van der Waals surface area (Å²) in [5.41, 5.74) is 4.31. The molecule has 4 aromatic rings. The summed E-state index contributed by atoms with van der Waals surface area (Å²) in [7, 11) is 0. The Hall–Kier alpha value is -3.29. The first-order valence-corrected chi connectivity index (χ1v) is 10.6. The van der Waals surface area contributed by atoms with Gasteiger partial charge >= 0.3 is 0 Å². The van der Waals surface area contributed by atoms with E-state index in [9.17, 15) is 0 Å². The number of nitrogens with one attached hydrogen (secondary N) is 1. The van der Waals surface area contributed by atoms with Crippen molar-refractivity contribution in [1.82, 2.24) is 40.0 Å². The van der Waals surface area contributed by atoms with Crippen LogP contribution in [0.5, 0.6) is 0 Å². The van der Waals surface area contributed by atoms with Crippen LogP contribution in [-0.2, 0) is 19.4 Å². The Morgan fingerprint density at radius 2 is 1.83 bits per heavy atom. The highest BCUT2D eigenvalue weighted by molar-refractivity contribution is 5.59. The van der Waals surface area contributed by atoms with E-state index in [-0.39, 0.29) is 0 Å². The molecule has 0 aliphatic carbocycles. The molecule has 0 bridgehead atoms. The second-order valence-corrected chi connectivity index (χ2v) is 7.57. The molecule has 1 aromatic carbocycles. The van der Waals surface area contributed by atoms with Crippen LogP contribution >= 0.6 is 0 Å². The van der Waals surface area contributed by atoms with E-state index in [1.54, 1.807) is 0 Å². The number of benzene rings is 1. The number of unbranched alkanes of at least 4 members (excludes halogenated alkanes) is 1. The Morgan fingerprint density at radius 1 is 1.00 bits per heavy atom. The molecule has 0 saturated heterocycles. The van der Waals surface area contributed by atoms with E-state index in [1.807, 2.05) is 13.1 Å². The second kappa shape index (κ2) is 9.02. The molecule has 156 valence electrons. The summed E-state index contributed by atoms with van der Waals surface area (Å²) in [4.78, 5) is 4.77. The van der Waals surface area contributed by atoms with Gasteiger partial charge in [0.1, 0.15) is 5.82 Å². The molecule has 0 radical (unpaired) electrons. The molecule has 8 heteroatoms. The second-order valence-electron chi connectivity index (χ2n) is 7.57. The van der Waals surface area contributed by atoms with Crippen molar-refractivity contribution in [3.63, 3.8) is 0 Å². The first kappa shape index (κ1) is 20.0. The van der Waals surface area contributed by atoms with Gasteiger partial charge in [0.25, 0.3) is 0 Å². The molecule has 0 spiro atoms. The van der Waals surface area contributed by atoms with Crippen LogP contribution in [0.2, 0.25) is 0 Å². The summed E-state index contributed by atoms with van der Waals surface area (Å²) < 4.78 is 4.16. The van der Waals surface area contributed by atoms with Gasteiger partial charge in [0, 0.05) is 24.7 Å². The molecule has 0 amide bonds. The number of H-pyrrole nitrogens is 1. The van der Waals surface area contributed by atoms with E-state index >= 15 is 0 Å². The van der Waals surface area contributed by atoms with Crippen molar-refractivity contribution in [1.29, 1.82) is 0 Å². The zero-order chi connectivity index (χ0) is 20.9. The summed E-state index contributed by atoms with van der Waals surface area (Å²) in [6.45, 7) is 7.15. The Kier molecular flexibility index (Phi) is 6.02. The predicted molar refractivity (Wildman–Crippen MR) is 115 cm³/mol. The number of aryl methyl sites for hydroxylation is 3. The smallest absolute Gasteiger partial charge is 0.221 e. The fraction of sp³-hybridized carbons (Fsp3) is 0.409. The summed E-state index contributed by atoms with van der Waals surface area (Å²) >= 11 is 0. The van der Waals surface area contributed by atoms with Crippen molar-refractivity contribution < 1.29 is 0 Å². The van der Waals surface area contributed by atoms with E-state index in [0.29, 0.717) is 5.82 Å². The molecule has 0 fully saturated rings. The zero-order valence-corrected chi connectivity index (χ0v) is 17.8. The van der Waals surface area contributed by atoms with Crippen molar-refractivity contribution in [3.05, 3.63) is 59.3 Å². The molecule has 0 atom stereocenters. The van der Waals surface area contributed by atoms with Gasteiger partial charge in [0.05, 0.1) is 12.2 Å². The maximum absolute atomic E-state index is 4.77. The lowest BCUT2D eigenvalue weighted by atomic mass is 10.2. The average molecular weight is 405 g/mol. The Morgan fingerprint density at radius 3 is 2.53 bits per heavy atom. The Bertz CT molecular complexity index is 1070. The van der Waals surface area contributed by atoms with Crippen LogP contribution in [0.1, 0.15) is 55.9 Å². The predicted octanol–water partition coefficient (Wildman–Crippen LogP) is 3.90. The molecule has 0 saturated carbocycles. The number of nitrogens with zero attached hydrogens (tertiary/aromatic N) is 7. The van der Waals surface area contributed by atoms with Crippen molar-refractivity contribution in [2.75, 3.05) is 0 Å². The lowest BCUT2D eigenvalue weighted by molar-refractivity contribution is 0.613. The molecule has 0 aliphatic rings. The van der Waals surface area contributed by atoms with Gasteiger partial charge < -0.3 is 4.57 Å². The normalized spacial score (nSPS) is 11.3. The van der Waals surface area contributed by atoms with Gasteiger partial charge in [-0.05, 0) is 54.3 Å². The first-order valence-electron chi connectivity index (χ1n) is 10.6. The van der Waals surface area contributed by atoms with Crippen molar-refractivity contribution in [3.8, 4) is 17.2 Å². The maximum atomic E-state index is 4.77. The molecule has 0 unspecified atom stereocenters. The minimum Gasteiger partial charge on any atom is -0.313 e. The average Bonchev–Trinajstić information content (AvgIpc) is 3.48. The summed E-state index contributed by atoms with van der Waals surface area (Å²) in [5, 5.41) is 19.3. The number of hydrogen-bond acceptors (Lipinski definition) is 5. The van der Waals surface area contributed by atoms with Crippen LogP contribution in [0.25, 0.3) is 17.2 Å². The van der Waals surface area contributed by atoms with Crippen LogP contribution in [0.15, 0.2) is 36.5 Å². The molecule has 4 rings (SSSR count). The van der Waals surface area contributed by atoms with Crippen LogP contribution in [0.4, 0.5) is 0 Å². The number of tetrazole rings is 1. The van der Waals surface area contributed by atoms with Gasteiger partial charge in [0.2, 0.25) is 5.82 Å². The molecule has 3 heterocycles. The zero-order valence-electron chi connectivity index (χ0n) is 17.8. The molecule has 1 N–H and O–H groups in total. The van der Waals surface area contributed by atoms with Crippen LogP contribution in [0, 0.1) is 6.92 Å². The lowest BCUT2D eigenvalue weighted by Gasteiger charge is -2.10. The molecule has 8 nitrogen and oxygen atoms in total. The van der Waals surface area contributed by atoms with E-state index in [0.717, 1.165) is 67.2 Å². The molecular weight excluding hydrogens is 376 g/mol. The highest BCUT2D eigenvalue weighted by Gasteiger charge is 2.14. The van der Waals surface area contributed by atoms with Crippen LogP contribution < -0.4 is 0 Å². The SMILES string of the molecule is CCCCc1nc(CCC)nn1Cc1ccc(-n2ccc(C)c2-c2nn[nH]n2)cc1. The third kappa shape index (κ3) is 4.17. The summed E-state index contributed by atoms with van der Waals surface area (Å²) in [6, 6.07) is 10.6. The first-order chi connectivity index (χ1) is 14.7. The van der Waals surface area contributed by atoms with Gasteiger partial charge in [-0.1, -0.05) is 32.4 Å². The third-order valence-electron chi connectivity index (χ3n) is 5.21. The Balaban J connectivity index is 1.57. The number of hydrogen-bond donors (Lipinski definition) is 1. The van der Waals surface area contributed by atoms with E-state index in [4.69, 9.17) is 10.1 Å². The van der Waals surface area contributed by atoms with Gasteiger partial charge in [-0.15, -0.1) is 10.2 Å². The molecule has 3 aromatic heterocycles.